The van der Waals surface area contributed by atoms with E-state index in [-0.39, 0.29) is 10.7 Å². The van der Waals surface area contributed by atoms with E-state index < -0.39 is 0 Å². The van der Waals surface area contributed by atoms with Crippen LogP contribution in [0, 0.1) is 22.5 Å². The maximum atomic E-state index is 11.8. The Morgan fingerprint density at radius 3 is 2.40 bits per heavy atom. The molecule has 3 aromatic heterocycles. The number of aliphatic hydroxyl groups is 1. The standard InChI is InChI=1S/C34H35ClN4O2.C10H16N2O4.C2H7N.CH4O/c35-28-5-2-24(3-6-28)31-20-34(10-1-11-34)12-8-26(31)22-38-14-16-39(17-15-38)29-7-4-27(23-40)32(19-29)41-30-18-25-9-13-36-33(25)37-21-30;1-9-7-10(12(13)14)11(8-9)3-4-16-6-5-15-2;1-3-2;1-2/h2-7,9,13,18-19,21,23H,1,8,10-12,14-17,20,22H2,(H,36,37);7-8H,3-6H2,1-2H3;3H,1-2H3;2H,1H3. The molecule has 1 aliphatic heterocycles. The number of halogens is 1. The van der Waals surface area contributed by atoms with Crippen LogP contribution < -0.4 is 15.0 Å². The maximum Gasteiger partial charge on any atom is 0.323 e. The van der Waals surface area contributed by atoms with Crippen LogP contribution in [0.5, 0.6) is 11.5 Å². The van der Waals surface area contributed by atoms with E-state index in [4.69, 9.17) is 30.9 Å². The molecule has 3 aliphatic rings. The lowest BCUT2D eigenvalue weighted by atomic mass is 9.59. The lowest BCUT2D eigenvalue weighted by Gasteiger charge is -2.47. The number of aldehydes is 1. The molecule has 62 heavy (non-hydrogen) atoms. The van der Waals surface area contributed by atoms with Gasteiger partial charge in [-0.15, -0.1) is 0 Å². The second-order valence-electron chi connectivity index (χ2n) is 15.8. The molecule has 0 atom stereocenters. The molecule has 1 saturated carbocycles. The highest BCUT2D eigenvalue weighted by Crippen LogP contribution is 2.55. The number of rotatable bonds is 14. The number of hydrogen-bond acceptors (Lipinski definition) is 11. The van der Waals surface area contributed by atoms with Gasteiger partial charge in [-0.3, -0.25) is 9.69 Å². The van der Waals surface area contributed by atoms with Crippen molar-refractivity contribution < 1.29 is 29.0 Å². The summed E-state index contributed by atoms with van der Waals surface area (Å²) in [4.78, 5) is 34.6. The van der Waals surface area contributed by atoms with Crippen LogP contribution in [-0.4, -0.2) is 117 Å². The molecule has 3 N–H and O–H groups in total. The van der Waals surface area contributed by atoms with E-state index in [1.807, 2.05) is 69.7 Å². The van der Waals surface area contributed by atoms with E-state index in [1.165, 1.54) is 44.1 Å². The molecule has 1 saturated heterocycles. The van der Waals surface area contributed by atoms with Gasteiger partial charge in [-0.25, -0.2) is 9.55 Å². The Balaban J connectivity index is 0.000000290. The van der Waals surface area contributed by atoms with Crippen molar-refractivity contribution >= 4 is 46.0 Å². The minimum atomic E-state index is -0.387. The third-order valence-electron chi connectivity index (χ3n) is 11.5. The Morgan fingerprint density at radius 1 is 1.00 bits per heavy atom. The number of nitrogens with zero attached hydrogens (tertiary/aromatic N) is 5. The number of methoxy groups -OCH3 is 1. The smallest absolute Gasteiger partial charge is 0.323 e. The highest BCUT2D eigenvalue weighted by atomic mass is 35.5. The summed E-state index contributed by atoms with van der Waals surface area (Å²) >= 11 is 6.23. The predicted octanol–water partition coefficient (Wildman–Crippen LogP) is 8.56. The van der Waals surface area contributed by atoms with Crippen molar-refractivity contribution in [2.75, 3.05) is 85.8 Å². The normalized spacial score (nSPS) is 15.7. The van der Waals surface area contributed by atoms with Gasteiger partial charge in [0.05, 0.1) is 37.8 Å². The summed E-state index contributed by atoms with van der Waals surface area (Å²) < 4.78 is 17.8. The minimum absolute atomic E-state index is 0.104. The molecule has 15 heteroatoms. The number of aryl methyl sites for hydroxylation is 1. The second-order valence-corrected chi connectivity index (χ2v) is 16.3. The van der Waals surface area contributed by atoms with Gasteiger partial charge in [0.1, 0.15) is 23.7 Å². The summed E-state index contributed by atoms with van der Waals surface area (Å²) in [6.07, 6.45) is 14.0. The molecule has 2 aliphatic carbocycles. The Labute approximate surface area is 370 Å². The zero-order chi connectivity index (χ0) is 44.5. The number of anilines is 1. The fourth-order valence-electron chi connectivity index (χ4n) is 8.21. The maximum absolute atomic E-state index is 11.8. The lowest BCUT2D eigenvalue weighted by Crippen LogP contribution is -2.47. The summed E-state index contributed by atoms with van der Waals surface area (Å²) in [5.74, 6) is 1.28. The molecular weight excluding hydrogens is 810 g/mol. The van der Waals surface area contributed by atoms with E-state index in [9.17, 15) is 14.9 Å². The number of carbonyl (C=O) groups excluding carboxylic acids is 1. The number of carbonyl (C=O) groups is 1. The largest absolute Gasteiger partial charge is 0.455 e. The highest BCUT2D eigenvalue weighted by Gasteiger charge is 2.41. The van der Waals surface area contributed by atoms with Gasteiger partial charge in [0.2, 0.25) is 0 Å². The molecule has 4 heterocycles. The quantitative estimate of drug-likeness (QED) is 0.0425. The van der Waals surface area contributed by atoms with Crippen molar-refractivity contribution in [2.45, 2.75) is 52.0 Å². The molecule has 334 valence electrons. The molecule has 2 fully saturated rings. The minimum Gasteiger partial charge on any atom is -0.455 e. The van der Waals surface area contributed by atoms with Crippen LogP contribution >= 0.6 is 11.6 Å². The summed E-state index contributed by atoms with van der Waals surface area (Å²) in [5.41, 5.74) is 8.36. The average molecular weight is 873 g/mol. The lowest BCUT2D eigenvalue weighted by molar-refractivity contribution is -0.392. The van der Waals surface area contributed by atoms with Crippen molar-refractivity contribution in [1.82, 2.24) is 24.8 Å². The molecule has 2 aromatic carbocycles. The van der Waals surface area contributed by atoms with Crippen LogP contribution in [0.1, 0.15) is 60.0 Å². The number of allylic oxidation sites excluding steroid dienone is 1. The van der Waals surface area contributed by atoms with Crippen LogP contribution in [0.25, 0.3) is 16.6 Å². The molecule has 14 nitrogen and oxygen atoms in total. The first kappa shape index (κ1) is 48.0. The van der Waals surface area contributed by atoms with E-state index in [1.54, 1.807) is 41.3 Å². The Hall–Kier alpha value is -5.09. The number of aromatic nitrogens is 3. The fraction of sp³-hybridized carbons (Fsp3) is 0.447. The van der Waals surface area contributed by atoms with Crippen molar-refractivity contribution in [3.8, 4) is 11.5 Å². The van der Waals surface area contributed by atoms with Crippen LogP contribution in [0.2, 0.25) is 5.02 Å². The van der Waals surface area contributed by atoms with E-state index in [0.29, 0.717) is 48.8 Å². The summed E-state index contributed by atoms with van der Waals surface area (Å²) in [5, 5.41) is 22.2. The number of benzene rings is 2. The summed E-state index contributed by atoms with van der Waals surface area (Å²) in [6, 6.07) is 19.8. The van der Waals surface area contributed by atoms with Gasteiger partial charge in [-0.05, 0) is 117 Å². The third kappa shape index (κ3) is 13.0. The number of nitrogens with one attached hydrogen (secondary N) is 2. The van der Waals surface area contributed by atoms with Crippen LogP contribution in [0.4, 0.5) is 11.5 Å². The van der Waals surface area contributed by atoms with E-state index in [0.717, 1.165) is 73.4 Å². The van der Waals surface area contributed by atoms with Crippen LogP contribution in [0.3, 0.4) is 0 Å². The Morgan fingerprint density at radius 2 is 1.74 bits per heavy atom. The topological polar surface area (TPSA) is 160 Å². The van der Waals surface area contributed by atoms with Gasteiger partial charge in [0.25, 0.3) is 0 Å². The number of aliphatic hydroxyl groups excluding tert-OH is 1. The molecular formula is C47H62ClN7O7. The van der Waals surface area contributed by atoms with Crippen molar-refractivity contribution in [3.63, 3.8) is 0 Å². The molecule has 8 rings (SSSR count). The number of H-pyrrole nitrogens is 1. The van der Waals surface area contributed by atoms with E-state index >= 15 is 0 Å². The van der Waals surface area contributed by atoms with Crippen molar-refractivity contribution in [3.05, 3.63) is 117 Å². The van der Waals surface area contributed by atoms with Gasteiger partial charge >= 0.3 is 5.82 Å². The SMILES string of the molecule is CNC.CO.COCCOCCn1cc(C)cc1[N+](=O)[O-].O=Cc1ccc(N2CCN(CC3=C(c4ccc(Cl)cc4)CC4(CCC4)CC3)CC2)cc1Oc1cnc2[nH]ccc2c1. The third-order valence-corrected chi connectivity index (χ3v) is 11.8. The zero-order valence-electron chi connectivity index (χ0n) is 36.7. The number of fused-ring (bicyclic) bond motifs is 1. The van der Waals surface area contributed by atoms with Crippen molar-refractivity contribution in [2.24, 2.45) is 5.41 Å². The van der Waals surface area contributed by atoms with Gasteiger partial charge < -0.3 is 44.6 Å². The molecule has 1 spiro atoms. The fourth-order valence-corrected chi connectivity index (χ4v) is 8.34. The van der Waals surface area contributed by atoms with Crippen LogP contribution in [0.15, 0.2) is 84.8 Å². The Kier molecular flexibility index (Phi) is 18.5. The predicted molar refractivity (Wildman–Crippen MR) is 247 cm³/mol. The molecule has 0 amide bonds. The number of pyridine rings is 1. The number of piperazine rings is 1. The van der Waals surface area contributed by atoms with Gasteiger partial charge in [0.15, 0.2) is 6.29 Å². The number of ether oxygens (including phenoxy) is 3. The van der Waals surface area contributed by atoms with Gasteiger partial charge in [-0.2, -0.15) is 0 Å². The molecule has 0 bridgehead atoms. The summed E-state index contributed by atoms with van der Waals surface area (Å²) in [6.45, 7) is 8.70. The average Bonchev–Trinajstić information content (AvgIpc) is 3.91. The van der Waals surface area contributed by atoms with Gasteiger partial charge in [-0.1, -0.05) is 35.7 Å². The van der Waals surface area contributed by atoms with Crippen LogP contribution in [-0.2, 0) is 16.0 Å². The monoisotopic (exact) mass is 871 g/mol. The zero-order valence-corrected chi connectivity index (χ0v) is 37.5. The highest BCUT2D eigenvalue weighted by molar-refractivity contribution is 6.30. The van der Waals surface area contributed by atoms with Gasteiger partial charge in [0, 0.05) is 81.4 Å². The number of hydrogen-bond donors (Lipinski definition) is 3. The molecule has 5 aromatic rings. The first-order valence-corrected chi connectivity index (χ1v) is 21.6. The molecule has 0 radical (unpaired) electrons. The van der Waals surface area contributed by atoms with E-state index in [2.05, 4.69) is 37.2 Å². The Bertz CT molecular complexity index is 2210. The second kappa shape index (κ2) is 23.9. The summed E-state index contributed by atoms with van der Waals surface area (Å²) in [7, 11) is 6.35. The first-order valence-electron chi connectivity index (χ1n) is 21.2. The van der Waals surface area contributed by atoms with Crippen molar-refractivity contribution in [1.29, 1.82) is 0 Å². The number of aromatic amines is 1. The number of nitro groups is 1. The molecule has 0 unspecified atom stereocenters. The first-order chi connectivity index (χ1) is 30.1.